The van der Waals surface area contributed by atoms with Gasteiger partial charge < -0.3 is 0 Å². The first-order valence-electron chi connectivity index (χ1n) is 2.18. The van der Waals surface area contributed by atoms with Gasteiger partial charge in [-0.3, -0.25) is 0 Å². The first-order valence-corrected chi connectivity index (χ1v) is 4.95. The first kappa shape index (κ1) is 8.46. The van der Waals surface area contributed by atoms with Crippen LogP contribution < -0.4 is 0 Å². The van der Waals surface area contributed by atoms with Gasteiger partial charge in [0.1, 0.15) is 0 Å². The molecule has 0 saturated heterocycles. The molecule has 0 saturated carbocycles. The molecule has 0 bridgehead atoms. The summed E-state index contributed by atoms with van der Waals surface area (Å²) in [6.07, 6.45) is 0. The minimum absolute atomic E-state index is 0.776. The third-order valence-electron chi connectivity index (χ3n) is 0.762. The standard InChI is InChI=1S/C5H9I2/c1-4(2)5(7)3-6/h5H,3H2,1-2H3. The smallest absolute Gasteiger partial charge is 0.0256 e. The Morgan fingerprint density at radius 3 is 2.00 bits per heavy atom. The Morgan fingerprint density at radius 1 is 1.57 bits per heavy atom. The van der Waals surface area contributed by atoms with Crippen LogP contribution in [0.15, 0.2) is 0 Å². The normalized spacial score (nSPS) is 15.0. The molecule has 0 aromatic carbocycles. The molecule has 7 heavy (non-hydrogen) atoms. The van der Waals surface area contributed by atoms with Gasteiger partial charge in [0.15, 0.2) is 0 Å². The van der Waals surface area contributed by atoms with Crippen molar-refractivity contribution in [3.63, 3.8) is 0 Å². The molecule has 0 aliphatic carbocycles. The molecule has 1 atom stereocenters. The Bertz CT molecular complexity index is 43.3. The SMILES string of the molecule is C[C](C)C(I)CI. The largest absolute Gasteiger partial charge is 0.0852 e. The lowest BCUT2D eigenvalue weighted by Crippen LogP contribution is -2.04. The minimum atomic E-state index is 0.776. The highest BCUT2D eigenvalue weighted by atomic mass is 127. The molecule has 0 spiro atoms. The van der Waals surface area contributed by atoms with E-state index in [1.165, 1.54) is 10.3 Å². The van der Waals surface area contributed by atoms with E-state index in [1.807, 2.05) is 0 Å². The van der Waals surface area contributed by atoms with Crippen molar-refractivity contribution in [2.75, 3.05) is 4.43 Å². The summed E-state index contributed by atoms with van der Waals surface area (Å²) in [5.41, 5.74) is 0. The molecule has 0 fully saturated rings. The van der Waals surface area contributed by atoms with Gasteiger partial charge in [-0.05, 0) is 5.92 Å². The Kier molecular flexibility index (Phi) is 5.26. The summed E-state index contributed by atoms with van der Waals surface area (Å²) in [7, 11) is 0. The van der Waals surface area contributed by atoms with E-state index in [-0.39, 0.29) is 0 Å². The number of rotatable bonds is 2. The van der Waals surface area contributed by atoms with Gasteiger partial charge in [-0.25, -0.2) is 0 Å². The molecule has 0 N–H and O–H groups in total. The summed E-state index contributed by atoms with van der Waals surface area (Å²) in [4.78, 5) is 0. The second-order valence-electron chi connectivity index (χ2n) is 1.70. The summed E-state index contributed by atoms with van der Waals surface area (Å²) in [5, 5.41) is 0. The van der Waals surface area contributed by atoms with Crippen molar-refractivity contribution in [2.24, 2.45) is 0 Å². The predicted molar refractivity (Wildman–Crippen MR) is 51.3 cm³/mol. The zero-order valence-electron chi connectivity index (χ0n) is 4.54. The summed E-state index contributed by atoms with van der Waals surface area (Å²) < 4.78 is 2.01. The molecule has 43 valence electrons. The van der Waals surface area contributed by atoms with Gasteiger partial charge in [0.2, 0.25) is 0 Å². The molecule has 0 aromatic rings. The Morgan fingerprint density at radius 2 is 2.00 bits per heavy atom. The van der Waals surface area contributed by atoms with Crippen LogP contribution in [0.3, 0.4) is 0 Å². The van der Waals surface area contributed by atoms with Gasteiger partial charge in [0, 0.05) is 8.35 Å². The molecule has 0 aromatic heterocycles. The number of hydrogen-bond donors (Lipinski definition) is 0. The maximum Gasteiger partial charge on any atom is 0.0256 e. The van der Waals surface area contributed by atoms with Gasteiger partial charge in [0.05, 0.1) is 0 Å². The molecule has 0 aliphatic heterocycles. The third kappa shape index (κ3) is 4.00. The lowest BCUT2D eigenvalue weighted by atomic mass is 10.2. The van der Waals surface area contributed by atoms with Crippen molar-refractivity contribution in [2.45, 2.75) is 17.8 Å². The van der Waals surface area contributed by atoms with Crippen molar-refractivity contribution in [1.29, 1.82) is 0 Å². The van der Waals surface area contributed by atoms with Gasteiger partial charge >= 0.3 is 0 Å². The summed E-state index contributed by atoms with van der Waals surface area (Å²) >= 11 is 4.85. The van der Waals surface area contributed by atoms with E-state index < -0.39 is 0 Å². The second-order valence-corrected chi connectivity index (χ2v) is 4.08. The monoisotopic (exact) mass is 323 g/mol. The molecule has 1 radical (unpaired) electrons. The van der Waals surface area contributed by atoms with Crippen LogP contribution in [0.1, 0.15) is 13.8 Å². The summed E-state index contributed by atoms with van der Waals surface area (Å²) in [5.74, 6) is 1.52. The van der Waals surface area contributed by atoms with Crippen LogP contribution in [0.25, 0.3) is 0 Å². The Labute approximate surface area is 72.7 Å². The molecule has 1 unspecified atom stereocenters. The van der Waals surface area contributed by atoms with Crippen molar-refractivity contribution in [3.05, 3.63) is 5.92 Å². The van der Waals surface area contributed by atoms with Crippen LogP contribution >= 0.6 is 45.2 Å². The zero-order valence-corrected chi connectivity index (χ0v) is 8.86. The van der Waals surface area contributed by atoms with E-state index in [0.29, 0.717) is 0 Å². The van der Waals surface area contributed by atoms with Crippen molar-refractivity contribution in [1.82, 2.24) is 0 Å². The molecule has 0 rings (SSSR count). The maximum atomic E-state index is 2.45. The Hall–Kier alpha value is 1.46. The van der Waals surface area contributed by atoms with Crippen LogP contribution in [0.2, 0.25) is 0 Å². The van der Waals surface area contributed by atoms with E-state index in [4.69, 9.17) is 0 Å². The Balaban J connectivity index is 3.14. The summed E-state index contributed by atoms with van der Waals surface area (Å²) in [6, 6.07) is 0. The van der Waals surface area contributed by atoms with Crippen LogP contribution in [0, 0.1) is 5.92 Å². The molecular weight excluding hydrogens is 314 g/mol. The summed E-state index contributed by atoms with van der Waals surface area (Å²) in [6.45, 7) is 4.35. The van der Waals surface area contributed by atoms with Crippen LogP contribution in [0.5, 0.6) is 0 Å². The van der Waals surface area contributed by atoms with Gasteiger partial charge in [0.25, 0.3) is 0 Å². The molecule has 0 nitrogen and oxygen atoms in total. The molecule has 2 heteroatoms. The van der Waals surface area contributed by atoms with Gasteiger partial charge in [-0.2, -0.15) is 0 Å². The molecule has 0 heterocycles. The number of alkyl halides is 2. The van der Waals surface area contributed by atoms with Gasteiger partial charge in [-0.1, -0.05) is 59.0 Å². The predicted octanol–water partition coefficient (Wildman–Crippen LogP) is 2.84. The highest BCUT2D eigenvalue weighted by molar-refractivity contribution is 14.1. The van der Waals surface area contributed by atoms with Crippen LogP contribution in [-0.2, 0) is 0 Å². The molecule has 0 aliphatic rings. The fraction of sp³-hybridized carbons (Fsp3) is 0.800. The maximum absolute atomic E-state index is 2.45. The van der Waals surface area contributed by atoms with Crippen LogP contribution in [0.4, 0.5) is 0 Å². The average molecular weight is 323 g/mol. The quantitative estimate of drug-likeness (QED) is 0.542. The van der Waals surface area contributed by atoms with E-state index in [0.717, 1.165) is 3.92 Å². The highest BCUT2D eigenvalue weighted by Gasteiger charge is 2.04. The molecule has 0 amide bonds. The molecular formula is C5H9I2. The number of halogens is 2. The van der Waals surface area contributed by atoms with E-state index >= 15 is 0 Å². The fourth-order valence-corrected chi connectivity index (χ4v) is 1.04. The van der Waals surface area contributed by atoms with E-state index in [2.05, 4.69) is 59.0 Å². The average Bonchev–Trinajstić information content (AvgIpc) is 1.65. The second kappa shape index (κ2) is 4.35. The lowest BCUT2D eigenvalue weighted by Gasteiger charge is -2.06. The van der Waals surface area contributed by atoms with Crippen LogP contribution in [-0.4, -0.2) is 8.35 Å². The topological polar surface area (TPSA) is 0 Å². The fourth-order valence-electron chi connectivity index (χ4n) is 0.154. The minimum Gasteiger partial charge on any atom is -0.0852 e. The number of hydrogen-bond acceptors (Lipinski definition) is 0. The van der Waals surface area contributed by atoms with Gasteiger partial charge in [-0.15, -0.1) is 0 Å². The van der Waals surface area contributed by atoms with E-state index in [1.54, 1.807) is 0 Å². The highest BCUT2D eigenvalue weighted by Crippen LogP contribution is 2.16. The van der Waals surface area contributed by atoms with Crippen molar-refractivity contribution in [3.8, 4) is 0 Å². The van der Waals surface area contributed by atoms with Crippen molar-refractivity contribution >= 4 is 45.2 Å². The zero-order chi connectivity index (χ0) is 5.86. The lowest BCUT2D eigenvalue weighted by molar-refractivity contribution is 0.990. The van der Waals surface area contributed by atoms with Crippen molar-refractivity contribution < 1.29 is 0 Å². The third-order valence-corrected chi connectivity index (χ3v) is 5.01. The van der Waals surface area contributed by atoms with E-state index in [9.17, 15) is 0 Å². The first-order chi connectivity index (χ1) is 3.18.